The van der Waals surface area contributed by atoms with Crippen LogP contribution in [0.15, 0.2) is 36.9 Å². The molecule has 0 radical (unpaired) electrons. The third-order valence-electron chi connectivity index (χ3n) is 2.76. The smallest absolute Gasteiger partial charge is 0.185 e. The minimum Gasteiger partial charge on any atom is -0.340 e. The van der Waals surface area contributed by atoms with E-state index in [2.05, 4.69) is 30.2 Å². The largest absolute Gasteiger partial charge is 0.340 e. The van der Waals surface area contributed by atoms with Gasteiger partial charge in [-0.3, -0.25) is 0 Å². The molecule has 0 unspecified atom stereocenters. The van der Waals surface area contributed by atoms with E-state index in [9.17, 15) is 0 Å². The Kier molecular flexibility index (Phi) is 1.71. The van der Waals surface area contributed by atoms with Crippen LogP contribution in [0, 0.1) is 0 Å². The van der Waals surface area contributed by atoms with E-state index in [-0.39, 0.29) is 0 Å². The molecule has 1 aromatic carbocycles. The summed E-state index contributed by atoms with van der Waals surface area (Å²) in [5.74, 6) is 0.645. The van der Waals surface area contributed by atoms with E-state index < -0.39 is 0 Å². The van der Waals surface area contributed by atoms with Crippen molar-refractivity contribution < 1.29 is 0 Å². The molecule has 4 aromatic rings. The zero-order valence-electron chi connectivity index (χ0n) is 9.15. The molecule has 3 aromatic heterocycles. The van der Waals surface area contributed by atoms with Crippen LogP contribution in [-0.4, -0.2) is 34.9 Å². The fourth-order valence-electron chi connectivity index (χ4n) is 1.94. The lowest BCUT2D eigenvalue weighted by Crippen LogP contribution is -2.01. The van der Waals surface area contributed by atoms with Gasteiger partial charge in [0.1, 0.15) is 17.4 Å². The summed E-state index contributed by atoms with van der Waals surface area (Å²) >= 11 is 0. The number of H-pyrrole nitrogens is 1. The zero-order chi connectivity index (χ0) is 11.9. The maximum atomic E-state index is 4.25. The van der Waals surface area contributed by atoms with Crippen LogP contribution in [-0.2, 0) is 0 Å². The maximum Gasteiger partial charge on any atom is 0.185 e. The number of hydrogen-bond donors (Lipinski definition) is 1. The van der Waals surface area contributed by atoms with E-state index >= 15 is 0 Å². The van der Waals surface area contributed by atoms with Gasteiger partial charge in [0.25, 0.3) is 0 Å². The van der Waals surface area contributed by atoms with E-state index in [0.29, 0.717) is 11.5 Å². The van der Waals surface area contributed by atoms with Gasteiger partial charge in [0.15, 0.2) is 11.5 Å². The Bertz CT molecular complexity index is 844. The number of nitrogens with zero attached hydrogens (tertiary/aromatic N) is 6. The van der Waals surface area contributed by atoms with Crippen molar-refractivity contribution in [1.29, 1.82) is 0 Å². The molecule has 0 atom stereocenters. The number of imidazole rings is 1. The number of hydrogen-bond acceptors (Lipinski definition) is 5. The van der Waals surface area contributed by atoms with Crippen LogP contribution in [0.1, 0.15) is 0 Å². The third kappa shape index (κ3) is 1.15. The van der Waals surface area contributed by atoms with Gasteiger partial charge in [0.2, 0.25) is 0 Å². The first-order valence-electron chi connectivity index (χ1n) is 5.38. The highest BCUT2D eigenvalue weighted by Gasteiger charge is 2.12. The number of fused-ring (bicyclic) bond motifs is 2. The first kappa shape index (κ1) is 9.23. The molecule has 18 heavy (non-hydrogen) atoms. The summed E-state index contributed by atoms with van der Waals surface area (Å²) in [5.41, 5.74) is 3.07. The quantitative estimate of drug-likeness (QED) is 0.535. The number of benzene rings is 1. The Hall–Kier alpha value is -2.83. The minimum absolute atomic E-state index is 0.611. The van der Waals surface area contributed by atoms with Gasteiger partial charge >= 0.3 is 0 Å². The van der Waals surface area contributed by atoms with Gasteiger partial charge in [-0.15, -0.1) is 5.10 Å². The molecule has 0 bridgehead atoms. The third-order valence-corrected chi connectivity index (χ3v) is 2.76. The lowest BCUT2D eigenvalue weighted by molar-refractivity contribution is 0.803. The van der Waals surface area contributed by atoms with E-state index in [0.717, 1.165) is 16.6 Å². The second-order valence-electron chi connectivity index (χ2n) is 3.79. The van der Waals surface area contributed by atoms with Crippen molar-refractivity contribution in [2.75, 3.05) is 0 Å². The molecule has 7 heteroatoms. The van der Waals surface area contributed by atoms with Crippen molar-refractivity contribution in [1.82, 2.24) is 34.9 Å². The molecule has 0 spiro atoms. The molecule has 0 aliphatic heterocycles. The Morgan fingerprint density at radius 3 is 3.00 bits per heavy atom. The SMILES string of the molecule is c1ccc2c(c1)nnn2-c1ncnc2nc[nH]c12. The normalized spacial score (nSPS) is 11.3. The number of rotatable bonds is 1. The second-order valence-corrected chi connectivity index (χ2v) is 3.79. The van der Waals surface area contributed by atoms with Crippen molar-refractivity contribution in [3.05, 3.63) is 36.9 Å². The summed E-state index contributed by atoms with van der Waals surface area (Å²) in [5, 5.41) is 8.23. The monoisotopic (exact) mass is 237 g/mol. The Morgan fingerprint density at radius 2 is 2.00 bits per heavy atom. The number of aromatic nitrogens is 7. The summed E-state index contributed by atoms with van der Waals surface area (Å²) in [7, 11) is 0. The average molecular weight is 237 g/mol. The molecule has 7 nitrogen and oxygen atoms in total. The van der Waals surface area contributed by atoms with Crippen molar-refractivity contribution in [2.24, 2.45) is 0 Å². The highest BCUT2D eigenvalue weighted by molar-refractivity contribution is 5.82. The predicted octanol–water partition coefficient (Wildman–Crippen LogP) is 1.09. The molecular formula is C11H7N7. The summed E-state index contributed by atoms with van der Waals surface area (Å²) in [6.07, 6.45) is 3.05. The van der Waals surface area contributed by atoms with Crippen molar-refractivity contribution in [3.63, 3.8) is 0 Å². The highest BCUT2D eigenvalue weighted by Crippen LogP contribution is 2.18. The van der Waals surface area contributed by atoms with Gasteiger partial charge in [0.05, 0.1) is 11.8 Å². The first-order chi connectivity index (χ1) is 8.93. The van der Waals surface area contributed by atoms with E-state index in [1.165, 1.54) is 6.33 Å². The zero-order valence-corrected chi connectivity index (χ0v) is 9.15. The standard InChI is InChI=1S/C11H7N7/c1-2-4-8-7(3-1)16-17-18(8)11-9-10(13-5-12-9)14-6-15-11/h1-6H,(H,12,13,14,15). The van der Waals surface area contributed by atoms with Gasteiger partial charge in [-0.25, -0.2) is 15.0 Å². The summed E-state index contributed by atoms with van der Waals surface area (Å²) in [4.78, 5) is 15.4. The minimum atomic E-state index is 0.611. The Morgan fingerprint density at radius 1 is 1.06 bits per heavy atom. The van der Waals surface area contributed by atoms with Crippen LogP contribution in [0.25, 0.3) is 28.0 Å². The van der Waals surface area contributed by atoms with Crippen LogP contribution in [0.4, 0.5) is 0 Å². The molecule has 0 saturated carbocycles. The highest BCUT2D eigenvalue weighted by atomic mass is 15.4. The van der Waals surface area contributed by atoms with E-state index in [4.69, 9.17) is 0 Å². The first-order valence-corrected chi connectivity index (χ1v) is 5.38. The molecule has 4 rings (SSSR count). The van der Waals surface area contributed by atoms with Crippen LogP contribution in [0.5, 0.6) is 0 Å². The van der Waals surface area contributed by atoms with Gasteiger partial charge in [0, 0.05) is 0 Å². The fourth-order valence-corrected chi connectivity index (χ4v) is 1.94. The average Bonchev–Trinajstić information content (AvgIpc) is 3.05. The van der Waals surface area contributed by atoms with Crippen LogP contribution in [0.3, 0.4) is 0 Å². The molecule has 86 valence electrons. The molecular weight excluding hydrogens is 230 g/mol. The van der Waals surface area contributed by atoms with Gasteiger partial charge < -0.3 is 4.98 Å². The molecule has 0 aliphatic rings. The molecule has 0 aliphatic carbocycles. The van der Waals surface area contributed by atoms with E-state index in [1.54, 1.807) is 11.0 Å². The number of para-hydroxylation sites is 1. The fraction of sp³-hybridized carbons (Fsp3) is 0. The van der Waals surface area contributed by atoms with Crippen LogP contribution < -0.4 is 0 Å². The van der Waals surface area contributed by atoms with Crippen LogP contribution in [0.2, 0.25) is 0 Å². The molecule has 0 amide bonds. The van der Waals surface area contributed by atoms with Crippen molar-refractivity contribution in [2.45, 2.75) is 0 Å². The summed E-state index contributed by atoms with van der Waals surface area (Å²) in [6.45, 7) is 0. The number of nitrogens with one attached hydrogen (secondary N) is 1. The molecule has 0 fully saturated rings. The second kappa shape index (κ2) is 3.33. The lowest BCUT2D eigenvalue weighted by Gasteiger charge is -2.00. The molecule has 0 saturated heterocycles. The van der Waals surface area contributed by atoms with Gasteiger partial charge in [-0.2, -0.15) is 4.68 Å². The number of aromatic amines is 1. The predicted molar refractivity (Wildman–Crippen MR) is 64.1 cm³/mol. The van der Waals surface area contributed by atoms with E-state index in [1.807, 2.05) is 24.3 Å². The van der Waals surface area contributed by atoms with Crippen molar-refractivity contribution in [3.8, 4) is 5.82 Å². The van der Waals surface area contributed by atoms with Crippen molar-refractivity contribution >= 4 is 22.2 Å². The van der Waals surface area contributed by atoms with Gasteiger partial charge in [-0.05, 0) is 12.1 Å². The maximum absolute atomic E-state index is 4.25. The van der Waals surface area contributed by atoms with Crippen LogP contribution >= 0.6 is 0 Å². The molecule has 3 heterocycles. The summed E-state index contributed by atoms with van der Waals surface area (Å²) < 4.78 is 1.68. The Balaban J connectivity index is 2.10. The Labute approximate surface area is 101 Å². The topological polar surface area (TPSA) is 85.2 Å². The van der Waals surface area contributed by atoms with Gasteiger partial charge in [-0.1, -0.05) is 17.3 Å². The molecule has 1 N–H and O–H groups in total. The lowest BCUT2D eigenvalue weighted by atomic mass is 10.3. The summed E-state index contributed by atoms with van der Waals surface area (Å²) in [6, 6.07) is 7.71.